The minimum Gasteiger partial charge on any atom is -0.327 e. The Labute approximate surface area is 68.7 Å². The summed E-state index contributed by atoms with van der Waals surface area (Å²) >= 11 is 0. The van der Waals surface area contributed by atoms with Crippen LogP contribution in [0.15, 0.2) is 0 Å². The van der Waals surface area contributed by atoms with Crippen LogP contribution < -0.4 is 5.73 Å². The molecule has 0 amide bonds. The number of nitrogens with two attached hydrogens (primary N) is 1. The molecule has 1 aliphatic carbocycles. The molecule has 0 aromatic heterocycles. The van der Waals surface area contributed by atoms with E-state index in [2.05, 4.69) is 11.8 Å². The van der Waals surface area contributed by atoms with Crippen molar-refractivity contribution in [2.24, 2.45) is 11.1 Å². The van der Waals surface area contributed by atoms with Gasteiger partial charge in [0.25, 0.3) is 0 Å². The molecule has 64 valence electrons. The van der Waals surface area contributed by atoms with Crippen molar-refractivity contribution in [3.05, 3.63) is 0 Å². The van der Waals surface area contributed by atoms with Gasteiger partial charge >= 0.3 is 0 Å². The lowest BCUT2D eigenvalue weighted by molar-refractivity contribution is 0.318. The molecule has 1 aliphatic heterocycles. The zero-order valence-corrected chi connectivity index (χ0v) is 7.34. The third-order valence-electron chi connectivity index (χ3n) is 3.26. The van der Waals surface area contributed by atoms with E-state index in [-0.39, 0.29) is 0 Å². The molecule has 2 N–H and O–H groups in total. The molecule has 0 aromatic rings. The van der Waals surface area contributed by atoms with E-state index in [0.29, 0.717) is 11.5 Å². The van der Waals surface area contributed by atoms with Crippen LogP contribution in [-0.2, 0) is 0 Å². The number of nitrogens with zero attached hydrogens (tertiary/aromatic N) is 1. The maximum Gasteiger partial charge on any atom is 0.0115 e. The van der Waals surface area contributed by atoms with Crippen LogP contribution in [0.25, 0.3) is 0 Å². The molecular formula is C9H18N2. The van der Waals surface area contributed by atoms with Gasteiger partial charge in [0, 0.05) is 18.0 Å². The third-order valence-corrected chi connectivity index (χ3v) is 3.26. The normalized spacial score (nSPS) is 43.6. The fourth-order valence-corrected chi connectivity index (χ4v) is 2.34. The molecule has 2 unspecified atom stereocenters. The lowest BCUT2D eigenvalue weighted by Crippen LogP contribution is -2.23. The number of hydrogen-bond acceptors (Lipinski definition) is 2. The van der Waals surface area contributed by atoms with Crippen molar-refractivity contribution in [2.75, 3.05) is 19.6 Å². The summed E-state index contributed by atoms with van der Waals surface area (Å²) in [6.07, 6.45) is 3.92. The molecule has 0 radical (unpaired) electrons. The first-order chi connectivity index (χ1) is 5.27. The maximum atomic E-state index is 5.89. The van der Waals surface area contributed by atoms with Crippen LogP contribution in [0.2, 0.25) is 0 Å². The highest BCUT2D eigenvalue weighted by molar-refractivity contribution is 5.10. The van der Waals surface area contributed by atoms with Crippen molar-refractivity contribution in [3.63, 3.8) is 0 Å². The first kappa shape index (κ1) is 7.56. The summed E-state index contributed by atoms with van der Waals surface area (Å²) < 4.78 is 0. The van der Waals surface area contributed by atoms with Crippen molar-refractivity contribution in [3.8, 4) is 0 Å². The van der Waals surface area contributed by atoms with Gasteiger partial charge in [-0.1, -0.05) is 6.92 Å². The largest absolute Gasteiger partial charge is 0.327 e. The van der Waals surface area contributed by atoms with Gasteiger partial charge in [-0.3, -0.25) is 0 Å². The molecule has 1 saturated heterocycles. The second-order valence-electron chi connectivity index (χ2n) is 4.20. The molecule has 0 bridgehead atoms. The Balaban J connectivity index is 1.85. The highest BCUT2D eigenvalue weighted by atomic mass is 15.2. The van der Waals surface area contributed by atoms with Crippen molar-refractivity contribution >= 4 is 0 Å². The monoisotopic (exact) mass is 154 g/mol. The van der Waals surface area contributed by atoms with Crippen LogP contribution in [-0.4, -0.2) is 30.6 Å². The van der Waals surface area contributed by atoms with Crippen molar-refractivity contribution in [1.29, 1.82) is 0 Å². The highest BCUT2D eigenvalue weighted by Crippen LogP contribution is 2.51. The van der Waals surface area contributed by atoms with Crippen LogP contribution in [0.5, 0.6) is 0 Å². The molecule has 2 aliphatic rings. The summed E-state index contributed by atoms with van der Waals surface area (Å²) in [5.41, 5.74) is 6.47. The minimum atomic E-state index is 0.532. The first-order valence-corrected chi connectivity index (χ1v) is 4.75. The van der Waals surface area contributed by atoms with Gasteiger partial charge in [-0.15, -0.1) is 0 Å². The third kappa shape index (κ3) is 1.18. The molecule has 2 heteroatoms. The van der Waals surface area contributed by atoms with Gasteiger partial charge in [-0.05, 0) is 32.4 Å². The van der Waals surface area contributed by atoms with Crippen molar-refractivity contribution < 1.29 is 0 Å². The molecule has 2 atom stereocenters. The molecule has 2 rings (SSSR count). The van der Waals surface area contributed by atoms with E-state index in [9.17, 15) is 0 Å². The maximum absolute atomic E-state index is 5.89. The van der Waals surface area contributed by atoms with E-state index < -0.39 is 0 Å². The molecule has 1 spiro atoms. The Kier molecular flexibility index (Phi) is 1.69. The van der Waals surface area contributed by atoms with Crippen LogP contribution >= 0.6 is 0 Å². The van der Waals surface area contributed by atoms with E-state index in [1.165, 1.54) is 38.9 Å². The quantitative estimate of drug-likeness (QED) is 0.638. The molecule has 0 aromatic carbocycles. The fraction of sp³-hybridized carbons (Fsp3) is 1.00. The second kappa shape index (κ2) is 2.46. The Morgan fingerprint density at radius 3 is 2.82 bits per heavy atom. The van der Waals surface area contributed by atoms with Crippen molar-refractivity contribution in [1.82, 2.24) is 4.90 Å². The van der Waals surface area contributed by atoms with E-state index in [0.717, 1.165) is 0 Å². The average Bonchev–Trinajstić information content (AvgIpc) is 2.44. The lowest BCUT2D eigenvalue weighted by Gasteiger charge is -2.13. The van der Waals surface area contributed by atoms with Gasteiger partial charge < -0.3 is 10.6 Å². The van der Waals surface area contributed by atoms with Crippen LogP contribution in [0.4, 0.5) is 0 Å². The Hall–Kier alpha value is -0.0800. The second-order valence-corrected chi connectivity index (χ2v) is 4.20. The number of likely N-dealkylation sites (tertiary alicyclic amines) is 1. The summed E-state index contributed by atoms with van der Waals surface area (Å²) in [4.78, 5) is 2.56. The SMILES string of the molecule is CCCN1CCC2(CC2N)C1. The van der Waals surface area contributed by atoms with Gasteiger partial charge in [-0.25, -0.2) is 0 Å². The molecular weight excluding hydrogens is 136 g/mol. The Bertz CT molecular complexity index is 158. The minimum absolute atomic E-state index is 0.532. The molecule has 2 nitrogen and oxygen atoms in total. The molecule has 1 saturated carbocycles. The van der Waals surface area contributed by atoms with Gasteiger partial charge in [0.05, 0.1) is 0 Å². The van der Waals surface area contributed by atoms with Crippen LogP contribution in [0, 0.1) is 5.41 Å². The smallest absolute Gasteiger partial charge is 0.0115 e. The Morgan fingerprint density at radius 2 is 2.36 bits per heavy atom. The first-order valence-electron chi connectivity index (χ1n) is 4.75. The lowest BCUT2D eigenvalue weighted by atomic mass is 10.1. The Morgan fingerprint density at radius 1 is 1.64 bits per heavy atom. The zero-order valence-electron chi connectivity index (χ0n) is 7.34. The van der Waals surface area contributed by atoms with E-state index in [4.69, 9.17) is 5.73 Å². The summed E-state index contributed by atoms with van der Waals surface area (Å²) in [5.74, 6) is 0. The van der Waals surface area contributed by atoms with Gasteiger partial charge in [0.2, 0.25) is 0 Å². The molecule has 11 heavy (non-hydrogen) atoms. The van der Waals surface area contributed by atoms with Gasteiger partial charge in [0.15, 0.2) is 0 Å². The predicted molar refractivity (Wildman–Crippen MR) is 46.4 cm³/mol. The highest BCUT2D eigenvalue weighted by Gasteiger charge is 2.54. The van der Waals surface area contributed by atoms with Gasteiger partial charge in [0.1, 0.15) is 0 Å². The predicted octanol–water partition coefficient (Wildman–Crippen LogP) is 0.820. The topological polar surface area (TPSA) is 29.3 Å². The molecule has 2 fully saturated rings. The summed E-state index contributed by atoms with van der Waals surface area (Å²) in [5, 5.41) is 0. The van der Waals surface area contributed by atoms with E-state index in [1.54, 1.807) is 0 Å². The van der Waals surface area contributed by atoms with Crippen LogP contribution in [0.3, 0.4) is 0 Å². The van der Waals surface area contributed by atoms with E-state index in [1.807, 2.05) is 0 Å². The summed E-state index contributed by atoms with van der Waals surface area (Å²) in [6.45, 7) is 6.09. The van der Waals surface area contributed by atoms with Crippen LogP contribution in [0.1, 0.15) is 26.2 Å². The van der Waals surface area contributed by atoms with E-state index >= 15 is 0 Å². The summed E-state index contributed by atoms with van der Waals surface area (Å²) in [6, 6.07) is 0.532. The number of rotatable bonds is 2. The fourth-order valence-electron chi connectivity index (χ4n) is 2.34. The van der Waals surface area contributed by atoms with Gasteiger partial charge in [-0.2, -0.15) is 0 Å². The van der Waals surface area contributed by atoms with Crippen molar-refractivity contribution in [2.45, 2.75) is 32.2 Å². The zero-order chi connectivity index (χ0) is 7.90. The summed E-state index contributed by atoms with van der Waals surface area (Å²) in [7, 11) is 0. The molecule has 1 heterocycles. The average molecular weight is 154 g/mol. The standard InChI is InChI=1S/C9H18N2/c1-2-4-11-5-3-9(7-11)6-8(9)10/h8H,2-7,10H2,1H3. The number of hydrogen-bond donors (Lipinski definition) is 1.